The number of aromatic nitrogens is 3. The Kier molecular flexibility index (Phi) is 12.3. The van der Waals surface area contributed by atoms with Crippen LogP contribution in [0.15, 0.2) is 96.0 Å². The first kappa shape index (κ1) is 41.3. The molecule has 2 aliphatic rings. The van der Waals surface area contributed by atoms with Gasteiger partial charge >= 0.3 is 0 Å². The SMILES string of the molecule is Cc1ncsc1-c1ccc(C(C)NC(=O)C2CCCN2C(=O)C(NC(=O)CC2=CCC(c3ccc(-c4cc(-c5ccccc5O)nnc4N)cc3)CC2)C(C)(C)C)cc1. The highest BCUT2D eigenvalue weighted by Gasteiger charge is 2.42. The Hall–Kier alpha value is -5.88. The Bertz CT molecular complexity index is 2350. The smallest absolute Gasteiger partial charge is 0.246 e. The molecule has 59 heavy (non-hydrogen) atoms. The third kappa shape index (κ3) is 9.38. The molecule has 1 fully saturated rings. The lowest BCUT2D eigenvalue weighted by molar-refractivity contribution is -0.144. The van der Waals surface area contributed by atoms with Crippen LogP contribution < -0.4 is 16.4 Å². The Morgan fingerprint density at radius 3 is 2.34 bits per heavy atom. The van der Waals surface area contributed by atoms with E-state index in [1.807, 2.05) is 76.5 Å². The number of benzene rings is 3. The van der Waals surface area contributed by atoms with Gasteiger partial charge in [0.1, 0.15) is 17.8 Å². The molecule has 0 radical (unpaired) electrons. The van der Waals surface area contributed by atoms with E-state index < -0.39 is 17.5 Å². The number of allylic oxidation sites excluding steroid dienone is 1. The van der Waals surface area contributed by atoms with Gasteiger partial charge in [-0.05, 0) is 97.7 Å². The number of nitrogen functional groups attached to an aromatic ring is 1. The van der Waals surface area contributed by atoms with Gasteiger partial charge in [-0.2, -0.15) is 0 Å². The number of para-hydroxylation sites is 1. The monoisotopic (exact) mass is 811 g/mol. The van der Waals surface area contributed by atoms with Crippen LogP contribution in [-0.2, 0) is 14.4 Å². The minimum absolute atomic E-state index is 0.126. The molecule has 0 bridgehead atoms. The van der Waals surface area contributed by atoms with Crippen LogP contribution in [0.2, 0.25) is 0 Å². The highest BCUT2D eigenvalue weighted by Crippen LogP contribution is 2.37. The number of nitrogens with two attached hydrogens (primary N) is 1. The molecule has 1 aliphatic heterocycles. The Morgan fingerprint density at radius 1 is 0.949 bits per heavy atom. The number of phenols is 1. The molecule has 2 aromatic heterocycles. The average Bonchev–Trinajstić information content (AvgIpc) is 3.90. The minimum Gasteiger partial charge on any atom is -0.507 e. The van der Waals surface area contributed by atoms with E-state index in [1.54, 1.807) is 34.4 Å². The number of anilines is 1. The van der Waals surface area contributed by atoms with Crippen molar-refractivity contribution >= 4 is 34.9 Å². The van der Waals surface area contributed by atoms with Gasteiger partial charge in [-0.15, -0.1) is 21.5 Å². The Balaban J connectivity index is 0.941. The predicted molar refractivity (Wildman–Crippen MR) is 233 cm³/mol. The topological polar surface area (TPSA) is 163 Å². The highest BCUT2D eigenvalue weighted by atomic mass is 32.1. The van der Waals surface area contributed by atoms with Crippen LogP contribution in [-0.4, -0.2) is 61.5 Å². The summed E-state index contributed by atoms with van der Waals surface area (Å²) < 4.78 is 0. The lowest BCUT2D eigenvalue weighted by atomic mass is 9.83. The van der Waals surface area contributed by atoms with Crippen molar-refractivity contribution in [3.8, 4) is 38.6 Å². The molecule has 0 saturated carbocycles. The molecular weight excluding hydrogens is 759 g/mol. The van der Waals surface area contributed by atoms with E-state index in [4.69, 9.17) is 5.73 Å². The number of rotatable bonds is 11. The van der Waals surface area contributed by atoms with Gasteiger partial charge in [0.05, 0.1) is 27.8 Å². The van der Waals surface area contributed by atoms with Crippen molar-refractivity contribution in [3.05, 3.63) is 113 Å². The van der Waals surface area contributed by atoms with Crippen LogP contribution in [0.1, 0.15) is 95.0 Å². The quantitative estimate of drug-likeness (QED) is 0.0965. The van der Waals surface area contributed by atoms with E-state index >= 15 is 0 Å². The minimum atomic E-state index is -0.780. The van der Waals surface area contributed by atoms with Crippen molar-refractivity contribution in [2.75, 3.05) is 12.3 Å². The molecule has 4 atom stereocenters. The lowest BCUT2D eigenvalue weighted by Gasteiger charge is -2.36. The fourth-order valence-electron chi connectivity index (χ4n) is 8.17. The van der Waals surface area contributed by atoms with Gasteiger partial charge in [-0.1, -0.05) is 93.1 Å². The average molecular weight is 812 g/mol. The lowest BCUT2D eigenvalue weighted by Crippen LogP contribution is -2.57. The zero-order valence-corrected chi connectivity index (χ0v) is 35.2. The molecule has 12 heteroatoms. The van der Waals surface area contributed by atoms with Crippen molar-refractivity contribution in [1.29, 1.82) is 0 Å². The van der Waals surface area contributed by atoms with E-state index in [9.17, 15) is 19.5 Å². The van der Waals surface area contributed by atoms with Gasteiger partial charge < -0.3 is 26.4 Å². The second-order valence-corrected chi connectivity index (χ2v) is 17.7. The first-order valence-electron chi connectivity index (χ1n) is 20.4. The van der Waals surface area contributed by atoms with Crippen LogP contribution in [0.5, 0.6) is 5.75 Å². The standard InChI is InChI=1S/C47H53N7O4S/c1-28(31-16-22-35(23-17-31)42-29(2)49-27-59-42)50-45(57)39-10-8-24-54(39)46(58)43(47(3,4)5)51-41(56)25-30-12-14-32(15-13-30)33-18-20-34(21-19-33)37-26-38(52-53-44(37)48)36-9-6-7-11-40(36)55/h6-7,9,11-12,16-23,26-28,32,39,43,55H,8,10,13-15,24-25H2,1-5H3,(H2,48,53)(H,50,57)(H,51,56). The Labute approximate surface area is 350 Å². The summed E-state index contributed by atoms with van der Waals surface area (Å²) in [5.74, 6) is 0.148. The molecule has 1 saturated heterocycles. The third-order valence-electron chi connectivity index (χ3n) is 11.6. The molecule has 5 aromatic rings. The number of aromatic hydroxyl groups is 1. The van der Waals surface area contributed by atoms with Crippen molar-refractivity contribution < 1.29 is 19.5 Å². The molecule has 306 valence electrons. The first-order valence-corrected chi connectivity index (χ1v) is 21.2. The number of carbonyl (C=O) groups excluding carboxylic acids is 3. The van der Waals surface area contributed by atoms with E-state index in [0.717, 1.165) is 64.1 Å². The summed E-state index contributed by atoms with van der Waals surface area (Å²) >= 11 is 1.61. The van der Waals surface area contributed by atoms with E-state index in [-0.39, 0.29) is 35.9 Å². The largest absolute Gasteiger partial charge is 0.507 e. The number of amides is 3. The van der Waals surface area contributed by atoms with Crippen LogP contribution >= 0.6 is 11.3 Å². The summed E-state index contributed by atoms with van der Waals surface area (Å²) in [4.78, 5) is 48.6. The summed E-state index contributed by atoms with van der Waals surface area (Å²) in [6, 6.07) is 23.7. The maximum Gasteiger partial charge on any atom is 0.246 e. The van der Waals surface area contributed by atoms with E-state index in [1.165, 1.54) is 5.56 Å². The van der Waals surface area contributed by atoms with Crippen molar-refractivity contribution in [1.82, 2.24) is 30.7 Å². The van der Waals surface area contributed by atoms with Gasteiger partial charge in [0.25, 0.3) is 0 Å². The number of nitrogens with zero attached hydrogens (tertiary/aromatic N) is 4. The summed E-state index contributed by atoms with van der Waals surface area (Å²) in [6.45, 7) is 10.3. The maximum atomic E-state index is 14.2. The number of thiazole rings is 1. The summed E-state index contributed by atoms with van der Waals surface area (Å²) in [6.07, 6.45) is 6.16. The zero-order valence-electron chi connectivity index (χ0n) is 34.4. The zero-order chi connectivity index (χ0) is 41.8. The van der Waals surface area contributed by atoms with Crippen molar-refractivity contribution in [2.24, 2.45) is 5.41 Å². The van der Waals surface area contributed by atoms with Gasteiger partial charge in [0.2, 0.25) is 17.7 Å². The maximum absolute atomic E-state index is 14.2. The molecule has 1 aliphatic carbocycles. The summed E-state index contributed by atoms with van der Waals surface area (Å²) in [5.41, 5.74) is 15.6. The van der Waals surface area contributed by atoms with Crippen LogP contribution in [0.3, 0.4) is 0 Å². The van der Waals surface area contributed by atoms with Crippen LogP contribution in [0, 0.1) is 12.3 Å². The molecule has 3 amide bonds. The molecule has 3 heterocycles. The fourth-order valence-corrected chi connectivity index (χ4v) is 8.98. The molecule has 5 N–H and O–H groups in total. The van der Waals surface area contributed by atoms with E-state index in [0.29, 0.717) is 36.0 Å². The number of carbonyl (C=O) groups is 3. The molecule has 4 unspecified atom stereocenters. The molecular formula is C47H53N7O4S. The normalized spacial score (nSPS) is 17.8. The number of hydrogen-bond acceptors (Lipinski definition) is 9. The second-order valence-electron chi connectivity index (χ2n) is 16.9. The third-order valence-corrected chi connectivity index (χ3v) is 12.6. The van der Waals surface area contributed by atoms with Crippen molar-refractivity contribution in [3.63, 3.8) is 0 Å². The highest BCUT2D eigenvalue weighted by molar-refractivity contribution is 7.13. The van der Waals surface area contributed by atoms with Gasteiger partial charge in [0, 0.05) is 24.1 Å². The molecule has 0 spiro atoms. The van der Waals surface area contributed by atoms with Gasteiger partial charge in [-0.25, -0.2) is 4.98 Å². The van der Waals surface area contributed by atoms with Crippen molar-refractivity contribution in [2.45, 2.75) is 97.2 Å². The number of likely N-dealkylation sites (tertiary alicyclic amines) is 1. The fraction of sp³-hybridized carbons (Fsp3) is 0.362. The van der Waals surface area contributed by atoms with Crippen LogP contribution in [0.25, 0.3) is 32.8 Å². The molecule has 7 rings (SSSR count). The van der Waals surface area contributed by atoms with E-state index in [2.05, 4.69) is 56.2 Å². The first-order chi connectivity index (χ1) is 28.3. The van der Waals surface area contributed by atoms with Gasteiger partial charge in [-0.3, -0.25) is 14.4 Å². The second kappa shape index (κ2) is 17.5. The number of hydrogen-bond donors (Lipinski definition) is 4. The van der Waals surface area contributed by atoms with Crippen LogP contribution in [0.4, 0.5) is 5.82 Å². The summed E-state index contributed by atoms with van der Waals surface area (Å²) in [7, 11) is 0. The Morgan fingerprint density at radius 2 is 1.68 bits per heavy atom. The molecule has 11 nitrogen and oxygen atoms in total. The molecule has 3 aromatic carbocycles. The number of aryl methyl sites for hydroxylation is 1. The number of phenolic OH excluding ortho intramolecular Hbond substituents is 1. The number of nitrogens with one attached hydrogen (secondary N) is 2. The summed E-state index contributed by atoms with van der Waals surface area (Å²) in [5, 5.41) is 24.9. The predicted octanol–water partition coefficient (Wildman–Crippen LogP) is 8.51. The van der Waals surface area contributed by atoms with Gasteiger partial charge in [0.15, 0.2) is 5.82 Å².